The summed E-state index contributed by atoms with van der Waals surface area (Å²) in [5.74, 6) is 0.366. The highest BCUT2D eigenvalue weighted by Gasteiger charge is 2.20. The zero-order chi connectivity index (χ0) is 17.1. The normalized spacial score (nSPS) is 17.9. The van der Waals surface area contributed by atoms with Crippen LogP contribution < -0.4 is 10.2 Å². The number of anilines is 1. The third-order valence-electron chi connectivity index (χ3n) is 4.70. The molecule has 1 saturated heterocycles. The molecule has 1 N–H and O–H groups in total. The number of nitrogens with zero attached hydrogens (tertiary/aromatic N) is 3. The molecule has 1 amide bonds. The van der Waals surface area contributed by atoms with Crippen molar-refractivity contribution in [2.24, 2.45) is 0 Å². The fourth-order valence-corrected chi connectivity index (χ4v) is 3.10. The minimum Gasteiger partial charge on any atom is -0.315 e. The minimum atomic E-state index is -0.0709. The Morgan fingerprint density at radius 2 is 2.21 bits per heavy atom. The molecule has 0 spiro atoms. The summed E-state index contributed by atoms with van der Waals surface area (Å²) >= 11 is 0. The molecule has 0 radical (unpaired) electrons. The van der Waals surface area contributed by atoms with Gasteiger partial charge < -0.3 is 10.2 Å². The van der Waals surface area contributed by atoms with Gasteiger partial charge >= 0.3 is 0 Å². The zero-order valence-electron chi connectivity index (χ0n) is 14.7. The fraction of sp³-hybridized carbons (Fsp3) is 0.474. The molecule has 128 valence electrons. The van der Waals surface area contributed by atoms with Crippen molar-refractivity contribution in [3.8, 4) is 0 Å². The van der Waals surface area contributed by atoms with Crippen LogP contribution in [0.2, 0.25) is 0 Å². The number of carbonyl (C=O) groups is 1. The van der Waals surface area contributed by atoms with Gasteiger partial charge in [0.25, 0.3) is 5.91 Å². The summed E-state index contributed by atoms with van der Waals surface area (Å²) in [7, 11) is 1.81. The van der Waals surface area contributed by atoms with Crippen LogP contribution in [0.1, 0.15) is 54.7 Å². The second kappa shape index (κ2) is 7.18. The summed E-state index contributed by atoms with van der Waals surface area (Å²) < 4.78 is 1.93. The van der Waals surface area contributed by atoms with E-state index in [0.717, 1.165) is 31.6 Å². The highest BCUT2D eigenvalue weighted by atomic mass is 16.2. The number of rotatable bonds is 4. The maximum atomic E-state index is 12.8. The Hall–Kier alpha value is -2.14. The van der Waals surface area contributed by atoms with E-state index in [2.05, 4.69) is 36.4 Å². The summed E-state index contributed by atoms with van der Waals surface area (Å²) in [5.41, 5.74) is 2.63. The standard InChI is InChI=1S/C19H26N4O/c1-14(2)15-6-4-7-16(12-15)22(3)19(24)18-9-11-23(21-18)17-8-5-10-20-13-17/h4,6-7,9,11-12,14,17,20H,5,8,10,13H2,1-3H3. The molecule has 1 atom stereocenters. The van der Waals surface area contributed by atoms with Crippen molar-refractivity contribution in [2.45, 2.75) is 38.6 Å². The topological polar surface area (TPSA) is 50.2 Å². The highest BCUT2D eigenvalue weighted by Crippen LogP contribution is 2.22. The molecule has 5 heteroatoms. The van der Waals surface area contributed by atoms with Gasteiger partial charge in [-0.15, -0.1) is 0 Å². The average Bonchev–Trinajstić information content (AvgIpc) is 3.11. The van der Waals surface area contributed by atoms with E-state index in [0.29, 0.717) is 17.7 Å². The summed E-state index contributed by atoms with van der Waals surface area (Å²) in [5, 5.41) is 7.90. The van der Waals surface area contributed by atoms with Crippen molar-refractivity contribution in [2.75, 3.05) is 25.0 Å². The second-order valence-electron chi connectivity index (χ2n) is 6.80. The van der Waals surface area contributed by atoms with Crippen molar-refractivity contribution in [1.29, 1.82) is 0 Å². The molecule has 0 aliphatic carbocycles. The lowest BCUT2D eigenvalue weighted by Crippen LogP contribution is -2.32. The van der Waals surface area contributed by atoms with Gasteiger partial charge in [-0.25, -0.2) is 0 Å². The van der Waals surface area contributed by atoms with Crippen molar-refractivity contribution in [1.82, 2.24) is 15.1 Å². The van der Waals surface area contributed by atoms with Gasteiger partial charge in [0.15, 0.2) is 5.69 Å². The van der Waals surface area contributed by atoms with Crippen LogP contribution >= 0.6 is 0 Å². The monoisotopic (exact) mass is 326 g/mol. The van der Waals surface area contributed by atoms with Crippen LogP contribution in [0.15, 0.2) is 36.5 Å². The lowest BCUT2D eigenvalue weighted by molar-refractivity contribution is 0.0987. The summed E-state index contributed by atoms with van der Waals surface area (Å²) in [6, 6.07) is 10.3. The number of hydrogen-bond acceptors (Lipinski definition) is 3. The third kappa shape index (κ3) is 3.51. The average molecular weight is 326 g/mol. The quantitative estimate of drug-likeness (QED) is 0.938. The van der Waals surface area contributed by atoms with E-state index >= 15 is 0 Å². The van der Waals surface area contributed by atoms with Gasteiger partial charge in [0.1, 0.15) is 0 Å². The molecule has 2 heterocycles. The van der Waals surface area contributed by atoms with Crippen LogP contribution in [0, 0.1) is 0 Å². The lowest BCUT2D eigenvalue weighted by Gasteiger charge is -2.23. The molecule has 1 aromatic heterocycles. The first-order valence-corrected chi connectivity index (χ1v) is 8.70. The van der Waals surface area contributed by atoms with Crippen LogP contribution in [0.4, 0.5) is 5.69 Å². The van der Waals surface area contributed by atoms with E-state index in [1.807, 2.05) is 36.1 Å². The summed E-state index contributed by atoms with van der Waals surface area (Å²) in [6.45, 7) is 6.29. The number of benzene rings is 1. The second-order valence-corrected chi connectivity index (χ2v) is 6.80. The Labute approximate surface area is 143 Å². The van der Waals surface area contributed by atoms with E-state index in [9.17, 15) is 4.79 Å². The number of carbonyl (C=O) groups excluding carboxylic acids is 1. The molecule has 1 aliphatic rings. The Morgan fingerprint density at radius 3 is 2.92 bits per heavy atom. The largest absolute Gasteiger partial charge is 0.315 e. The molecule has 2 aromatic rings. The Morgan fingerprint density at radius 1 is 1.38 bits per heavy atom. The van der Waals surface area contributed by atoms with Gasteiger partial charge in [-0.05, 0) is 49.1 Å². The van der Waals surface area contributed by atoms with Crippen LogP contribution in [-0.4, -0.2) is 35.8 Å². The number of amides is 1. The lowest BCUT2D eigenvalue weighted by atomic mass is 10.0. The predicted molar refractivity (Wildman–Crippen MR) is 96.6 cm³/mol. The smallest absolute Gasteiger partial charge is 0.278 e. The van der Waals surface area contributed by atoms with E-state index in [4.69, 9.17) is 0 Å². The molecular formula is C19H26N4O. The summed E-state index contributed by atoms with van der Waals surface area (Å²) in [6.07, 6.45) is 4.17. The third-order valence-corrected chi connectivity index (χ3v) is 4.70. The molecule has 0 bridgehead atoms. The van der Waals surface area contributed by atoms with Gasteiger partial charge in [0.2, 0.25) is 0 Å². The first-order valence-electron chi connectivity index (χ1n) is 8.70. The molecular weight excluding hydrogens is 300 g/mol. The summed E-state index contributed by atoms with van der Waals surface area (Å²) in [4.78, 5) is 14.4. The van der Waals surface area contributed by atoms with E-state index in [-0.39, 0.29) is 5.91 Å². The van der Waals surface area contributed by atoms with E-state index < -0.39 is 0 Å². The maximum Gasteiger partial charge on any atom is 0.278 e. The number of nitrogens with one attached hydrogen (secondary N) is 1. The molecule has 3 rings (SSSR count). The van der Waals surface area contributed by atoms with Crippen LogP contribution in [0.5, 0.6) is 0 Å². The molecule has 1 unspecified atom stereocenters. The minimum absolute atomic E-state index is 0.0709. The molecule has 5 nitrogen and oxygen atoms in total. The number of hydrogen-bond donors (Lipinski definition) is 1. The molecule has 1 fully saturated rings. The molecule has 1 aromatic carbocycles. The zero-order valence-corrected chi connectivity index (χ0v) is 14.7. The van der Waals surface area contributed by atoms with Crippen LogP contribution in [-0.2, 0) is 0 Å². The molecule has 1 aliphatic heterocycles. The fourth-order valence-electron chi connectivity index (χ4n) is 3.10. The van der Waals surface area contributed by atoms with Crippen molar-refractivity contribution in [3.05, 3.63) is 47.8 Å². The van der Waals surface area contributed by atoms with Crippen LogP contribution in [0.3, 0.4) is 0 Å². The highest BCUT2D eigenvalue weighted by molar-refractivity contribution is 6.04. The number of piperidine rings is 1. The Balaban J connectivity index is 1.76. The van der Waals surface area contributed by atoms with Gasteiger partial charge in [-0.3, -0.25) is 9.48 Å². The first-order chi connectivity index (χ1) is 11.6. The van der Waals surface area contributed by atoms with Crippen molar-refractivity contribution >= 4 is 11.6 Å². The first kappa shape index (κ1) is 16.7. The predicted octanol–water partition coefficient (Wildman–Crippen LogP) is 3.21. The van der Waals surface area contributed by atoms with Gasteiger partial charge in [0.05, 0.1) is 6.04 Å². The molecule has 0 saturated carbocycles. The van der Waals surface area contributed by atoms with Gasteiger partial charge in [-0.2, -0.15) is 5.10 Å². The molecule has 24 heavy (non-hydrogen) atoms. The van der Waals surface area contributed by atoms with E-state index in [1.165, 1.54) is 5.56 Å². The SMILES string of the molecule is CC(C)c1cccc(N(C)C(=O)c2ccn(C3CCCNC3)n2)c1. The van der Waals surface area contributed by atoms with Gasteiger partial charge in [-0.1, -0.05) is 26.0 Å². The van der Waals surface area contributed by atoms with Crippen LogP contribution in [0.25, 0.3) is 0 Å². The van der Waals surface area contributed by atoms with Crippen molar-refractivity contribution in [3.63, 3.8) is 0 Å². The van der Waals surface area contributed by atoms with E-state index in [1.54, 1.807) is 4.90 Å². The van der Waals surface area contributed by atoms with Crippen molar-refractivity contribution < 1.29 is 4.79 Å². The Kier molecular flexibility index (Phi) is 5.00. The number of aromatic nitrogens is 2. The maximum absolute atomic E-state index is 12.8. The van der Waals surface area contributed by atoms with Gasteiger partial charge in [0, 0.05) is 25.5 Å². The Bertz CT molecular complexity index is 701.